The van der Waals surface area contributed by atoms with Crippen LogP contribution in [0.25, 0.3) is 0 Å². The van der Waals surface area contributed by atoms with Crippen molar-refractivity contribution in [2.24, 2.45) is 5.14 Å². The van der Waals surface area contributed by atoms with Crippen molar-refractivity contribution in [2.75, 3.05) is 37.3 Å². The molecule has 0 atom stereocenters. The number of nitrogens with zero attached hydrogens (tertiary/aromatic N) is 2. The smallest absolute Gasteiger partial charge is 0.238 e. The predicted molar refractivity (Wildman–Crippen MR) is 135 cm³/mol. The molecular weight excluding hydrogens is 454 g/mol. The van der Waals surface area contributed by atoms with Gasteiger partial charge in [0.1, 0.15) is 11.5 Å². The van der Waals surface area contributed by atoms with Crippen LogP contribution in [0.4, 0.5) is 5.69 Å². The number of hydrogen-bond donors (Lipinski definition) is 1. The van der Waals surface area contributed by atoms with E-state index in [1.807, 2.05) is 30.5 Å². The number of rotatable bonds is 7. The number of anilines is 1. The third kappa shape index (κ3) is 5.89. The molecule has 0 amide bonds. The zero-order valence-corrected chi connectivity index (χ0v) is 20.5. The highest BCUT2D eigenvalue weighted by molar-refractivity contribution is 7.98. The van der Waals surface area contributed by atoms with Gasteiger partial charge in [-0.15, -0.1) is 11.8 Å². The van der Waals surface area contributed by atoms with E-state index in [-0.39, 0.29) is 4.90 Å². The Morgan fingerprint density at radius 2 is 1.70 bits per heavy atom. The number of nitrogens with two attached hydrogens (primary N) is 1. The third-order valence-corrected chi connectivity index (χ3v) is 7.65. The Hall–Kier alpha value is -2.52. The van der Waals surface area contributed by atoms with Gasteiger partial charge >= 0.3 is 0 Å². The van der Waals surface area contributed by atoms with E-state index >= 15 is 0 Å². The topological polar surface area (TPSA) is 75.9 Å². The van der Waals surface area contributed by atoms with Crippen LogP contribution in [0.15, 0.2) is 76.5 Å². The molecule has 0 spiro atoms. The number of hydrogen-bond acceptors (Lipinski definition) is 6. The van der Waals surface area contributed by atoms with Gasteiger partial charge in [-0.25, -0.2) is 13.6 Å². The van der Waals surface area contributed by atoms with Crippen LogP contribution in [0.3, 0.4) is 0 Å². The van der Waals surface area contributed by atoms with E-state index in [0.29, 0.717) is 12.3 Å². The summed E-state index contributed by atoms with van der Waals surface area (Å²) in [6.45, 7) is 6.19. The first kappa shape index (κ1) is 23.6. The average molecular weight is 484 g/mol. The van der Waals surface area contributed by atoms with Gasteiger partial charge in [-0.05, 0) is 67.3 Å². The third-order valence-electron chi connectivity index (χ3n) is 5.84. The standard InChI is InChI=1S/C25H29N3O3S2/c1-19-16-22(8-11-25(19)32-2)31-24-10-9-23(33(26,29)30)17-20(24)18-27-12-14-28(15-13-27)21-6-4-3-5-7-21/h3-11,16-17H,12-15,18H2,1-2H3,(H2,26,29,30). The predicted octanol–water partition coefficient (Wildman–Crippen LogP) is 4.48. The highest BCUT2D eigenvalue weighted by Crippen LogP contribution is 2.31. The zero-order chi connectivity index (χ0) is 23.4. The van der Waals surface area contributed by atoms with E-state index in [1.165, 1.54) is 16.6 Å². The molecule has 4 rings (SSSR count). The lowest BCUT2D eigenvalue weighted by Gasteiger charge is -2.36. The Balaban J connectivity index is 1.53. The molecule has 1 heterocycles. The minimum Gasteiger partial charge on any atom is -0.457 e. The molecular formula is C25H29N3O3S2. The highest BCUT2D eigenvalue weighted by atomic mass is 32.2. The molecule has 1 aliphatic rings. The molecule has 0 unspecified atom stereocenters. The normalized spacial score (nSPS) is 14.9. The second kappa shape index (κ2) is 10.2. The van der Waals surface area contributed by atoms with Gasteiger partial charge in [-0.2, -0.15) is 0 Å². The first-order valence-electron chi connectivity index (χ1n) is 10.8. The second-order valence-corrected chi connectivity index (χ2v) is 10.6. The SMILES string of the molecule is CSc1ccc(Oc2ccc(S(N)(=O)=O)cc2CN2CCN(c3ccccc3)CC2)cc1C. The number of aryl methyl sites for hydroxylation is 1. The van der Waals surface area contributed by atoms with Gasteiger partial charge in [0.25, 0.3) is 0 Å². The van der Waals surface area contributed by atoms with Crippen LogP contribution in [-0.4, -0.2) is 45.8 Å². The summed E-state index contributed by atoms with van der Waals surface area (Å²) >= 11 is 1.69. The Morgan fingerprint density at radius 3 is 2.33 bits per heavy atom. The van der Waals surface area contributed by atoms with Crippen LogP contribution in [0.1, 0.15) is 11.1 Å². The molecule has 3 aromatic carbocycles. The molecule has 1 aliphatic heterocycles. The summed E-state index contributed by atoms with van der Waals surface area (Å²) in [5, 5.41) is 5.40. The van der Waals surface area contributed by atoms with Gasteiger partial charge in [0.2, 0.25) is 10.0 Å². The molecule has 0 aromatic heterocycles. The van der Waals surface area contributed by atoms with Gasteiger partial charge < -0.3 is 9.64 Å². The Labute approximate surface area is 200 Å². The summed E-state index contributed by atoms with van der Waals surface area (Å²) in [4.78, 5) is 5.98. The van der Waals surface area contributed by atoms with E-state index in [2.05, 4.69) is 41.0 Å². The van der Waals surface area contributed by atoms with Crippen molar-refractivity contribution in [1.82, 2.24) is 4.90 Å². The van der Waals surface area contributed by atoms with Crippen molar-refractivity contribution in [1.29, 1.82) is 0 Å². The maximum Gasteiger partial charge on any atom is 0.238 e. The fraction of sp³-hybridized carbons (Fsp3) is 0.280. The van der Waals surface area contributed by atoms with Crippen LogP contribution >= 0.6 is 11.8 Å². The lowest BCUT2D eigenvalue weighted by Crippen LogP contribution is -2.46. The molecule has 174 valence electrons. The Morgan fingerprint density at radius 1 is 0.970 bits per heavy atom. The summed E-state index contributed by atoms with van der Waals surface area (Å²) in [6.07, 6.45) is 2.05. The summed E-state index contributed by atoms with van der Waals surface area (Å²) in [5.41, 5.74) is 3.17. The van der Waals surface area contributed by atoms with Crippen molar-refractivity contribution < 1.29 is 13.2 Å². The maximum atomic E-state index is 12.0. The first-order chi connectivity index (χ1) is 15.8. The fourth-order valence-corrected chi connectivity index (χ4v) is 5.19. The molecule has 2 N–H and O–H groups in total. The molecule has 1 saturated heterocycles. The largest absolute Gasteiger partial charge is 0.457 e. The minimum atomic E-state index is -3.80. The molecule has 0 aliphatic carbocycles. The summed E-state index contributed by atoms with van der Waals surface area (Å²) in [5.74, 6) is 1.37. The molecule has 0 bridgehead atoms. The Bertz CT molecular complexity index is 1210. The van der Waals surface area contributed by atoms with Gasteiger partial charge in [0.05, 0.1) is 4.90 Å². The number of para-hydroxylation sites is 1. The molecule has 1 fully saturated rings. The first-order valence-corrected chi connectivity index (χ1v) is 13.6. The quantitative estimate of drug-likeness (QED) is 0.500. The molecule has 8 heteroatoms. The zero-order valence-electron chi connectivity index (χ0n) is 18.9. The van der Waals surface area contributed by atoms with Gasteiger partial charge in [-0.1, -0.05) is 18.2 Å². The van der Waals surface area contributed by atoms with Crippen molar-refractivity contribution in [3.8, 4) is 11.5 Å². The van der Waals surface area contributed by atoms with Crippen molar-refractivity contribution in [3.63, 3.8) is 0 Å². The summed E-state index contributed by atoms with van der Waals surface area (Å²) < 4.78 is 30.2. The van der Waals surface area contributed by atoms with Gasteiger partial charge in [0, 0.05) is 48.9 Å². The van der Waals surface area contributed by atoms with Crippen LogP contribution in [0.2, 0.25) is 0 Å². The molecule has 33 heavy (non-hydrogen) atoms. The monoisotopic (exact) mass is 483 g/mol. The molecule has 0 saturated carbocycles. The van der Waals surface area contributed by atoms with E-state index < -0.39 is 10.0 Å². The lowest BCUT2D eigenvalue weighted by atomic mass is 10.1. The minimum absolute atomic E-state index is 0.0988. The number of sulfonamides is 1. The molecule has 6 nitrogen and oxygen atoms in total. The van der Waals surface area contributed by atoms with Crippen LogP contribution in [0, 0.1) is 6.92 Å². The van der Waals surface area contributed by atoms with Crippen molar-refractivity contribution in [3.05, 3.63) is 77.9 Å². The number of primary sulfonamides is 1. The fourth-order valence-electron chi connectivity index (χ4n) is 4.04. The lowest BCUT2D eigenvalue weighted by molar-refractivity contribution is 0.247. The number of ether oxygens (including phenoxy) is 1. The van der Waals surface area contributed by atoms with Crippen molar-refractivity contribution in [2.45, 2.75) is 23.3 Å². The van der Waals surface area contributed by atoms with Crippen molar-refractivity contribution >= 4 is 27.5 Å². The van der Waals surface area contributed by atoms with Crippen LogP contribution in [-0.2, 0) is 16.6 Å². The van der Waals surface area contributed by atoms with Crippen LogP contribution < -0.4 is 14.8 Å². The van der Waals surface area contributed by atoms with E-state index in [4.69, 9.17) is 9.88 Å². The van der Waals surface area contributed by atoms with Gasteiger partial charge in [0.15, 0.2) is 0 Å². The number of piperazine rings is 1. The molecule has 0 radical (unpaired) electrons. The number of thioether (sulfide) groups is 1. The Kier molecular flexibility index (Phi) is 7.29. The average Bonchev–Trinajstić information content (AvgIpc) is 2.81. The van der Waals surface area contributed by atoms with Gasteiger partial charge in [-0.3, -0.25) is 4.90 Å². The maximum absolute atomic E-state index is 12.0. The summed E-state index contributed by atoms with van der Waals surface area (Å²) in [7, 11) is -3.80. The van der Waals surface area contributed by atoms with E-state index in [1.54, 1.807) is 23.9 Å². The number of benzene rings is 3. The summed E-state index contributed by atoms with van der Waals surface area (Å²) in [6, 6.07) is 21.2. The highest BCUT2D eigenvalue weighted by Gasteiger charge is 2.20. The van der Waals surface area contributed by atoms with E-state index in [9.17, 15) is 8.42 Å². The van der Waals surface area contributed by atoms with Crippen LogP contribution in [0.5, 0.6) is 11.5 Å². The second-order valence-electron chi connectivity index (χ2n) is 8.15. The van der Waals surface area contributed by atoms with E-state index in [0.717, 1.165) is 43.1 Å². The molecule has 3 aromatic rings.